The Morgan fingerprint density at radius 2 is 1.79 bits per heavy atom. The second-order valence-electron chi connectivity index (χ2n) is 4.22. The lowest BCUT2D eigenvalue weighted by Gasteiger charge is -2.12. The number of carbonyl (C=O) groups excluding carboxylic acids is 2. The molecule has 0 atom stereocenters. The molecule has 1 aromatic rings. The SMILES string of the molecule is CN(C)C(=O)NCCCNC(=O)c1ccccc1F. The van der Waals surface area contributed by atoms with Crippen LogP contribution in [-0.4, -0.2) is 44.0 Å². The second-order valence-corrected chi connectivity index (χ2v) is 4.22. The zero-order chi connectivity index (χ0) is 14.3. The average Bonchev–Trinajstić information content (AvgIpc) is 2.38. The van der Waals surface area contributed by atoms with E-state index < -0.39 is 11.7 Å². The molecule has 0 unspecified atom stereocenters. The largest absolute Gasteiger partial charge is 0.352 e. The van der Waals surface area contributed by atoms with Crippen LogP contribution >= 0.6 is 0 Å². The number of hydrogen-bond donors (Lipinski definition) is 2. The van der Waals surface area contributed by atoms with Crippen molar-refractivity contribution in [3.05, 3.63) is 35.6 Å². The third-order valence-electron chi connectivity index (χ3n) is 2.44. The van der Waals surface area contributed by atoms with Gasteiger partial charge in [-0.25, -0.2) is 9.18 Å². The molecule has 3 amide bonds. The van der Waals surface area contributed by atoms with Crippen LogP contribution in [0.15, 0.2) is 24.3 Å². The molecule has 0 bridgehead atoms. The first-order valence-electron chi connectivity index (χ1n) is 6.00. The first-order valence-corrected chi connectivity index (χ1v) is 6.00. The van der Waals surface area contributed by atoms with Crippen molar-refractivity contribution in [1.82, 2.24) is 15.5 Å². The van der Waals surface area contributed by atoms with E-state index >= 15 is 0 Å². The molecular weight excluding hydrogens is 249 g/mol. The molecular formula is C13H18FN3O2. The van der Waals surface area contributed by atoms with Gasteiger partial charge in [-0.3, -0.25) is 4.79 Å². The van der Waals surface area contributed by atoms with Crippen molar-refractivity contribution in [2.75, 3.05) is 27.2 Å². The summed E-state index contributed by atoms with van der Waals surface area (Å²) >= 11 is 0. The van der Waals surface area contributed by atoms with Crippen LogP contribution in [0.5, 0.6) is 0 Å². The summed E-state index contributed by atoms with van der Waals surface area (Å²) in [4.78, 5) is 24.2. The predicted molar refractivity (Wildman–Crippen MR) is 70.4 cm³/mol. The van der Waals surface area contributed by atoms with E-state index in [1.807, 2.05) is 0 Å². The highest BCUT2D eigenvalue weighted by molar-refractivity contribution is 5.94. The van der Waals surface area contributed by atoms with E-state index in [1.54, 1.807) is 20.2 Å². The normalized spacial score (nSPS) is 9.84. The van der Waals surface area contributed by atoms with Gasteiger partial charge in [-0.2, -0.15) is 0 Å². The Hall–Kier alpha value is -2.11. The lowest BCUT2D eigenvalue weighted by atomic mass is 10.2. The van der Waals surface area contributed by atoms with Gasteiger partial charge in [0.2, 0.25) is 0 Å². The molecule has 5 nitrogen and oxygen atoms in total. The number of carbonyl (C=O) groups is 2. The van der Waals surface area contributed by atoms with Crippen LogP contribution in [0.1, 0.15) is 16.8 Å². The highest BCUT2D eigenvalue weighted by Crippen LogP contribution is 2.05. The average molecular weight is 267 g/mol. The first-order chi connectivity index (χ1) is 9.02. The molecule has 19 heavy (non-hydrogen) atoms. The third-order valence-corrected chi connectivity index (χ3v) is 2.44. The van der Waals surface area contributed by atoms with E-state index in [0.29, 0.717) is 19.5 Å². The van der Waals surface area contributed by atoms with Gasteiger partial charge in [-0.1, -0.05) is 12.1 Å². The fraction of sp³-hybridized carbons (Fsp3) is 0.385. The standard InChI is InChI=1S/C13H18FN3O2/c1-17(2)13(19)16-9-5-8-15-12(18)10-6-3-4-7-11(10)14/h3-4,6-7H,5,8-9H2,1-2H3,(H,15,18)(H,16,19). The molecule has 1 rings (SSSR count). The minimum absolute atomic E-state index is 0.0276. The van der Waals surface area contributed by atoms with Gasteiger partial charge in [0.15, 0.2) is 0 Å². The van der Waals surface area contributed by atoms with E-state index in [9.17, 15) is 14.0 Å². The van der Waals surface area contributed by atoms with E-state index in [4.69, 9.17) is 0 Å². The monoisotopic (exact) mass is 267 g/mol. The molecule has 0 aliphatic heterocycles. The summed E-state index contributed by atoms with van der Waals surface area (Å²) in [5.74, 6) is -0.988. The molecule has 104 valence electrons. The van der Waals surface area contributed by atoms with Crippen molar-refractivity contribution in [1.29, 1.82) is 0 Å². The lowest BCUT2D eigenvalue weighted by Crippen LogP contribution is -2.36. The highest BCUT2D eigenvalue weighted by Gasteiger charge is 2.09. The van der Waals surface area contributed by atoms with Gasteiger partial charge in [-0.15, -0.1) is 0 Å². The third kappa shape index (κ3) is 4.95. The molecule has 0 aliphatic rings. The van der Waals surface area contributed by atoms with Crippen molar-refractivity contribution < 1.29 is 14.0 Å². The minimum atomic E-state index is -0.541. The van der Waals surface area contributed by atoms with Crippen molar-refractivity contribution >= 4 is 11.9 Å². The molecule has 6 heteroatoms. The van der Waals surface area contributed by atoms with Crippen LogP contribution in [0.3, 0.4) is 0 Å². The summed E-state index contributed by atoms with van der Waals surface area (Å²) in [5, 5.41) is 5.27. The van der Waals surface area contributed by atoms with E-state index in [0.717, 1.165) is 0 Å². The maximum atomic E-state index is 13.3. The highest BCUT2D eigenvalue weighted by atomic mass is 19.1. The topological polar surface area (TPSA) is 61.4 Å². The van der Waals surface area contributed by atoms with Crippen LogP contribution in [0.2, 0.25) is 0 Å². The maximum absolute atomic E-state index is 13.3. The Kier molecular flexibility index (Phi) is 5.78. The summed E-state index contributed by atoms with van der Waals surface area (Å²) in [6, 6.07) is 5.63. The van der Waals surface area contributed by atoms with Crippen LogP contribution in [0.4, 0.5) is 9.18 Å². The number of hydrogen-bond acceptors (Lipinski definition) is 2. The van der Waals surface area contributed by atoms with Crippen LogP contribution in [-0.2, 0) is 0 Å². The van der Waals surface area contributed by atoms with Crippen molar-refractivity contribution in [2.45, 2.75) is 6.42 Å². The smallest absolute Gasteiger partial charge is 0.316 e. The Bertz CT molecular complexity index is 449. The van der Waals surface area contributed by atoms with Gasteiger partial charge in [0.05, 0.1) is 5.56 Å². The van der Waals surface area contributed by atoms with Crippen molar-refractivity contribution in [3.63, 3.8) is 0 Å². The summed E-state index contributed by atoms with van der Waals surface area (Å²) in [6.07, 6.45) is 0.583. The quantitative estimate of drug-likeness (QED) is 0.788. The Morgan fingerprint density at radius 1 is 1.16 bits per heavy atom. The minimum Gasteiger partial charge on any atom is -0.352 e. The van der Waals surface area contributed by atoms with Gasteiger partial charge in [0.1, 0.15) is 5.82 Å². The first kappa shape index (κ1) is 14.9. The van der Waals surface area contributed by atoms with E-state index in [-0.39, 0.29) is 11.6 Å². The number of rotatable bonds is 5. The summed E-state index contributed by atoms with van der Waals surface area (Å²) in [7, 11) is 3.30. The molecule has 1 aromatic carbocycles. The van der Waals surface area contributed by atoms with Gasteiger partial charge in [-0.05, 0) is 18.6 Å². The van der Waals surface area contributed by atoms with Crippen molar-refractivity contribution in [3.8, 4) is 0 Å². The van der Waals surface area contributed by atoms with Gasteiger partial charge in [0.25, 0.3) is 5.91 Å². The fourth-order valence-corrected chi connectivity index (χ4v) is 1.38. The van der Waals surface area contributed by atoms with Crippen molar-refractivity contribution in [2.24, 2.45) is 0 Å². The summed E-state index contributed by atoms with van der Waals surface area (Å²) < 4.78 is 13.3. The van der Waals surface area contributed by atoms with Crippen LogP contribution in [0, 0.1) is 5.82 Å². The number of nitrogens with zero attached hydrogens (tertiary/aromatic N) is 1. The van der Waals surface area contributed by atoms with E-state index in [1.165, 1.54) is 23.1 Å². The number of nitrogens with one attached hydrogen (secondary N) is 2. The summed E-state index contributed by atoms with van der Waals surface area (Å²) in [6.45, 7) is 0.829. The molecule has 2 N–H and O–H groups in total. The molecule has 0 saturated carbocycles. The molecule has 0 fully saturated rings. The Labute approximate surface area is 111 Å². The number of halogens is 1. The molecule has 0 heterocycles. The molecule has 0 spiro atoms. The van der Waals surface area contributed by atoms with Gasteiger partial charge >= 0.3 is 6.03 Å². The fourth-order valence-electron chi connectivity index (χ4n) is 1.38. The number of amides is 3. The molecule has 0 aliphatic carbocycles. The van der Waals surface area contributed by atoms with Crippen LogP contribution < -0.4 is 10.6 Å². The lowest BCUT2D eigenvalue weighted by molar-refractivity contribution is 0.0949. The molecule has 0 radical (unpaired) electrons. The molecule has 0 saturated heterocycles. The number of benzene rings is 1. The summed E-state index contributed by atoms with van der Waals surface area (Å²) in [5.41, 5.74) is 0.0276. The number of urea groups is 1. The van der Waals surface area contributed by atoms with Gasteiger partial charge < -0.3 is 15.5 Å². The second kappa shape index (κ2) is 7.35. The maximum Gasteiger partial charge on any atom is 0.316 e. The van der Waals surface area contributed by atoms with E-state index in [2.05, 4.69) is 10.6 Å². The van der Waals surface area contributed by atoms with Crippen LogP contribution in [0.25, 0.3) is 0 Å². The zero-order valence-corrected chi connectivity index (χ0v) is 11.1. The Balaban J connectivity index is 2.25. The zero-order valence-electron chi connectivity index (χ0n) is 11.1. The molecule has 0 aromatic heterocycles. The van der Waals surface area contributed by atoms with Gasteiger partial charge in [0, 0.05) is 27.2 Å². The Morgan fingerprint density at radius 3 is 2.42 bits per heavy atom. The predicted octanol–water partition coefficient (Wildman–Crippen LogP) is 1.22.